The summed E-state index contributed by atoms with van der Waals surface area (Å²) in [7, 11) is 0. The van der Waals surface area contributed by atoms with Gasteiger partial charge in [0, 0.05) is 11.1 Å². The number of fused-ring (bicyclic) bond motifs is 1. The molecule has 0 fully saturated rings. The van der Waals surface area contributed by atoms with E-state index >= 15 is 0 Å². The molecule has 0 saturated heterocycles. The summed E-state index contributed by atoms with van der Waals surface area (Å²) in [5.41, 5.74) is 1.82. The molecule has 7 heteroatoms. The van der Waals surface area contributed by atoms with Gasteiger partial charge in [0.15, 0.2) is 0 Å². The van der Waals surface area contributed by atoms with Gasteiger partial charge in [-0.3, -0.25) is 0 Å². The van der Waals surface area contributed by atoms with Crippen molar-refractivity contribution in [2.24, 2.45) is 0 Å². The predicted molar refractivity (Wildman–Crippen MR) is 103 cm³/mol. The van der Waals surface area contributed by atoms with Crippen LogP contribution in [0.2, 0.25) is 15.2 Å². The van der Waals surface area contributed by atoms with E-state index in [2.05, 4.69) is 9.97 Å². The van der Waals surface area contributed by atoms with E-state index in [4.69, 9.17) is 34.8 Å². The average Bonchev–Trinajstić information content (AvgIpc) is 3.01. The minimum absolute atomic E-state index is 0.0776. The van der Waals surface area contributed by atoms with Gasteiger partial charge in [-0.1, -0.05) is 53.0 Å². The first-order valence-corrected chi connectivity index (χ1v) is 9.16. The second-order valence-corrected chi connectivity index (χ2v) is 7.44. The average molecular weight is 410 g/mol. The molecule has 2 aromatic heterocycles. The van der Waals surface area contributed by atoms with E-state index < -0.39 is 5.82 Å². The van der Waals surface area contributed by atoms with Gasteiger partial charge in [0.1, 0.15) is 21.7 Å². The minimum Gasteiger partial charge on any atom is -0.234 e. The number of nitrogens with zero attached hydrogens (tertiary/aromatic N) is 2. The van der Waals surface area contributed by atoms with Crippen molar-refractivity contribution in [1.82, 2.24) is 9.97 Å². The van der Waals surface area contributed by atoms with E-state index in [1.807, 2.05) is 24.3 Å². The summed E-state index contributed by atoms with van der Waals surface area (Å²) in [6.07, 6.45) is 0. The van der Waals surface area contributed by atoms with Gasteiger partial charge in [-0.25, -0.2) is 14.4 Å². The Morgan fingerprint density at radius 1 is 0.840 bits per heavy atom. The number of benzene rings is 2. The third-order valence-corrected chi connectivity index (χ3v) is 5.60. The number of pyridine rings is 1. The van der Waals surface area contributed by atoms with Crippen LogP contribution in [0.3, 0.4) is 0 Å². The third-order valence-electron chi connectivity index (χ3n) is 3.65. The summed E-state index contributed by atoms with van der Waals surface area (Å²) in [4.78, 5) is 8.90. The van der Waals surface area contributed by atoms with Crippen LogP contribution in [0.5, 0.6) is 0 Å². The fourth-order valence-corrected chi connectivity index (χ4v) is 4.34. The van der Waals surface area contributed by atoms with Crippen LogP contribution in [-0.4, -0.2) is 9.97 Å². The highest BCUT2D eigenvalue weighted by Gasteiger charge is 2.20. The van der Waals surface area contributed by atoms with Gasteiger partial charge in [-0.15, -0.1) is 11.3 Å². The molecule has 4 aromatic rings. The van der Waals surface area contributed by atoms with E-state index in [0.717, 1.165) is 10.2 Å². The van der Waals surface area contributed by atoms with E-state index in [-0.39, 0.29) is 26.3 Å². The molecule has 2 aromatic carbocycles. The standard InChI is InChI=1S/C18H8Cl3FN2S/c19-9-4-3-5-11(22)15(9)16-10(20)8-13(23-17(16)21)18-24-12-6-1-2-7-14(12)25-18/h1-8H. The van der Waals surface area contributed by atoms with Crippen LogP contribution in [0.1, 0.15) is 0 Å². The largest absolute Gasteiger partial charge is 0.234 e. The number of aromatic nitrogens is 2. The van der Waals surface area contributed by atoms with E-state index in [0.29, 0.717) is 10.7 Å². The molecule has 0 N–H and O–H groups in total. The third kappa shape index (κ3) is 3.00. The van der Waals surface area contributed by atoms with Crippen LogP contribution >= 0.6 is 46.1 Å². The molecule has 0 aliphatic heterocycles. The second kappa shape index (κ2) is 6.54. The highest BCUT2D eigenvalue weighted by molar-refractivity contribution is 7.21. The summed E-state index contributed by atoms with van der Waals surface area (Å²) in [5, 5.41) is 1.25. The summed E-state index contributed by atoms with van der Waals surface area (Å²) >= 11 is 20.3. The number of para-hydroxylation sites is 1. The Morgan fingerprint density at radius 3 is 2.36 bits per heavy atom. The first kappa shape index (κ1) is 16.7. The molecule has 0 unspecified atom stereocenters. The van der Waals surface area contributed by atoms with Crippen LogP contribution in [-0.2, 0) is 0 Å². The normalized spacial score (nSPS) is 11.2. The molecule has 0 amide bonds. The Balaban J connectivity index is 1.89. The zero-order valence-corrected chi connectivity index (χ0v) is 15.5. The first-order chi connectivity index (χ1) is 12.0. The Kier molecular flexibility index (Phi) is 4.38. The van der Waals surface area contributed by atoms with Crippen molar-refractivity contribution in [1.29, 1.82) is 0 Å². The van der Waals surface area contributed by atoms with Crippen molar-refractivity contribution in [3.8, 4) is 21.8 Å². The molecule has 4 rings (SSSR count). The smallest absolute Gasteiger partial charge is 0.143 e. The van der Waals surface area contributed by atoms with E-state index in [1.54, 1.807) is 12.1 Å². The van der Waals surface area contributed by atoms with Gasteiger partial charge >= 0.3 is 0 Å². The van der Waals surface area contributed by atoms with E-state index in [9.17, 15) is 4.39 Å². The van der Waals surface area contributed by atoms with Crippen molar-refractivity contribution < 1.29 is 4.39 Å². The highest BCUT2D eigenvalue weighted by Crippen LogP contribution is 2.41. The number of hydrogen-bond donors (Lipinski definition) is 0. The van der Waals surface area contributed by atoms with Gasteiger partial charge in [0.25, 0.3) is 0 Å². The lowest BCUT2D eigenvalue weighted by Gasteiger charge is -2.11. The summed E-state index contributed by atoms with van der Waals surface area (Å²) in [6.45, 7) is 0. The quantitative estimate of drug-likeness (QED) is 0.329. The van der Waals surface area contributed by atoms with Crippen LogP contribution in [0.15, 0.2) is 48.5 Å². The Labute approximate surface area is 161 Å². The van der Waals surface area contributed by atoms with Crippen LogP contribution in [0.4, 0.5) is 4.39 Å². The molecule has 0 bridgehead atoms. The molecular formula is C18H8Cl3FN2S. The maximum atomic E-state index is 14.2. The molecule has 0 aliphatic carbocycles. The Hall–Kier alpha value is -1.72. The molecule has 0 aliphatic rings. The van der Waals surface area contributed by atoms with Crippen LogP contribution in [0.25, 0.3) is 32.0 Å². The summed E-state index contributed by atoms with van der Waals surface area (Å²) < 4.78 is 15.3. The molecule has 2 heterocycles. The van der Waals surface area contributed by atoms with Gasteiger partial charge in [-0.2, -0.15) is 0 Å². The highest BCUT2D eigenvalue weighted by atomic mass is 35.5. The number of hydrogen-bond acceptors (Lipinski definition) is 3. The Morgan fingerprint density at radius 2 is 1.64 bits per heavy atom. The van der Waals surface area contributed by atoms with Gasteiger partial charge < -0.3 is 0 Å². The number of thiazole rings is 1. The molecule has 2 nitrogen and oxygen atoms in total. The SMILES string of the molecule is Fc1cccc(Cl)c1-c1c(Cl)cc(-c2nc3ccccc3s2)nc1Cl. The van der Waals surface area contributed by atoms with Gasteiger partial charge in [0.05, 0.1) is 20.3 Å². The number of halogens is 4. The molecule has 0 saturated carbocycles. The van der Waals surface area contributed by atoms with Crippen molar-refractivity contribution in [3.05, 3.63) is 69.5 Å². The summed E-state index contributed by atoms with van der Waals surface area (Å²) in [5.74, 6) is -0.508. The molecule has 0 atom stereocenters. The lowest BCUT2D eigenvalue weighted by Crippen LogP contribution is -1.93. The van der Waals surface area contributed by atoms with Crippen molar-refractivity contribution in [2.75, 3.05) is 0 Å². The molecule has 0 spiro atoms. The zero-order chi connectivity index (χ0) is 17.6. The van der Waals surface area contributed by atoms with E-state index in [1.165, 1.54) is 23.5 Å². The molecular weight excluding hydrogens is 402 g/mol. The fraction of sp³-hybridized carbons (Fsp3) is 0. The number of rotatable bonds is 2. The zero-order valence-electron chi connectivity index (χ0n) is 12.4. The minimum atomic E-state index is -0.508. The maximum Gasteiger partial charge on any atom is 0.143 e. The summed E-state index contributed by atoms with van der Waals surface area (Å²) in [6, 6.07) is 13.8. The Bertz CT molecular complexity index is 1030. The monoisotopic (exact) mass is 408 g/mol. The molecule has 25 heavy (non-hydrogen) atoms. The van der Waals surface area contributed by atoms with Crippen LogP contribution in [0, 0.1) is 5.82 Å². The van der Waals surface area contributed by atoms with Crippen molar-refractivity contribution >= 4 is 56.4 Å². The van der Waals surface area contributed by atoms with Crippen LogP contribution < -0.4 is 0 Å². The van der Waals surface area contributed by atoms with Gasteiger partial charge in [0.2, 0.25) is 0 Å². The second-order valence-electron chi connectivity index (χ2n) is 5.24. The fourth-order valence-electron chi connectivity index (χ4n) is 2.54. The predicted octanol–water partition coefficient (Wildman–Crippen LogP) is 7.12. The molecule has 124 valence electrons. The van der Waals surface area contributed by atoms with Crippen molar-refractivity contribution in [3.63, 3.8) is 0 Å². The lowest BCUT2D eigenvalue weighted by atomic mass is 10.1. The lowest BCUT2D eigenvalue weighted by molar-refractivity contribution is 0.631. The topological polar surface area (TPSA) is 25.8 Å². The first-order valence-electron chi connectivity index (χ1n) is 7.21. The van der Waals surface area contributed by atoms with Gasteiger partial charge in [-0.05, 0) is 30.3 Å². The van der Waals surface area contributed by atoms with Crippen molar-refractivity contribution in [2.45, 2.75) is 0 Å². The molecule has 0 radical (unpaired) electrons. The maximum absolute atomic E-state index is 14.2.